The van der Waals surface area contributed by atoms with E-state index < -0.39 is 12.2 Å². The Labute approximate surface area is 227 Å². The van der Waals surface area contributed by atoms with Crippen molar-refractivity contribution in [3.05, 3.63) is 54.6 Å². The van der Waals surface area contributed by atoms with Crippen molar-refractivity contribution in [1.29, 1.82) is 0 Å². The molecule has 1 aromatic carbocycles. The maximum Gasteiger partial charge on any atom is 0.303 e. The first-order valence-corrected chi connectivity index (χ1v) is 13.9. The predicted molar refractivity (Wildman–Crippen MR) is 146 cm³/mol. The number of hydrogen-bond acceptors (Lipinski definition) is 7. The van der Waals surface area contributed by atoms with Crippen LogP contribution in [0.1, 0.15) is 52.9 Å². The van der Waals surface area contributed by atoms with Gasteiger partial charge in [0.25, 0.3) is 0 Å². The van der Waals surface area contributed by atoms with E-state index in [0.29, 0.717) is 25.9 Å². The zero-order chi connectivity index (χ0) is 26.3. The van der Waals surface area contributed by atoms with Crippen LogP contribution in [0, 0.1) is 11.8 Å². The van der Waals surface area contributed by atoms with Crippen molar-refractivity contribution in [2.45, 2.75) is 71.2 Å². The highest BCUT2D eigenvalue weighted by molar-refractivity contribution is 14.1. The number of benzene rings is 1. The van der Waals surface area contributed by atoms with Gasteiger partial charge < -0.3 is 18.9 Å². The summed E-state index contributed by atoms with van der Waals surface area (Å²) >= 11 is 2.35. The van der Waals surface area contributed by atoms with E-state index in [2.05, 4.69) is 34.7 Å². The minimum atomic E-state index is -0.503. The Kier molecular flexibility index (Phi) is 13.6. The number of hydrogen-bond donors (Lipinski definition) is 0. The number of rotatable bonds is 14. The summed E-state index contributed by atoms with van der Waals surface area (Å²) in [5.74, 6) is -0.649. The van der Waals surface area contributed by atoms with E-state index in [1.54, 1.807) is 0 Å². The third-order valence-electron chi connectivity index (χ3n) is 5.86. The first kappa shape index (κ1) is 29.9. The Hall–Kier alpha value is -2.36. The van der Waals surface area contributed by atoms with E-state index >= 15 is 0 Å². The van der Waals surface area contributed by atoms with Crippen LogP contribution >= 0.6 is 22.6 Å². The summed E-state index contributed by atoms with van der Waals surface area (Å²) in [6, 6.07) is 9.43. The molecular formula is C28H37IO7. The first-order valence-electron chi connectivity index (χ1n) is 12.4. The van der Waals surface area contributed by atoms with Gasteiger partial charge in [0, 0.05) is 45.4 Å². The maximum absolute atomic E-state index is 11.8. The fraction of sp³-hybridized carbons (Fsp3) is 0.536. The van der Waals surface area contributed by atoms with Gasteiger partial charge in [-0.15, -0.1) is 0 Å². The summed E-state index contributed by atoms with van der Waals surface area (Å²) in [6.45, 7) is 4.50. The highest BCUT2D eigenvalue weighted by atomic mass is 127. The summed E-state index contributed by atoms with van der Waals surface area (Å²) in [4.78, 5) is 35.3. The molecule has 0 radical (unpaired) electrons. The van der Waals surface area contributed by atoms with Gasteiger partial charge in [0.15, 0.2) is 0 Å². The second-order valence-electron chi connectivity index (χ2n) is 8.79. The van der Waals surface area contributed by atoms with Gasteiger partial charge in [0.05, 0.1) is 6.61 Å². The van der Waals surface area contributed by atoms with Gasteiger partial charge in [-0.1, -0.05) is 59.0 Å². The average molecular weight is 613 g/mol. The van der Waals surface area contributed by atoms with Crippen LogP contribution in [0.3, 0.4) is 0 Å². The number of halogens is 1. The maximum atomic E-state index is 11.8. The molecule has 1 aliphatic rings. The normalized spacial score (nSPS) is 22.4. The predicted octanol–water partition coefficient (Wildman–Crippen LogP) is 5.60. The van der Waals surface area contributed by atoms with Crippen LogP contribution in [0.5, 0.6) is 5.75 Å². The lowest BCUT2D eigenvalue weighted by Crippen LogP contribution is -2.25. The van der Waals surface area contributed by atoms with E-state index in [1.165, 1.54) is 20.8 Å². The molecular weight excluding hydrogens is 575 g/mol. The standard InChI is InChI=1S/C28H37IO7/c1-20(30)34-24(16-18-33-23-11-7-6-8-12-23)14-15-26-25(13-9-4-5-10-17-29)27(35-21(2)31)19-28(26)36-22(3)32/h4,6-9,11-12,14-15,24-28H,5,10,13,16-19H2,1-3H3/b9-4+,15-14+. The molecule has 5 atom stereocenters. The van der Waals surface area contributed by atoms with Gasteiger partial charge in [-0.2, -0.15) is 0 Å². The Balaban J connectivity index is 2.18. The summed E-state index contributed by atoms with van der Waals surface area (Å²) < 4.78 is 23.6. The van der Waals surface area contributed by atoms with Crippen LogP contribution in [-0.4, -0.2) is 47.3 Å². The summed E-state index contributed by atoms with van der Waals surface area (Å²) in [5, 5.41) is 0. The van der Waals surface area contributed by atoms with Crippen molar-refractivity contribution in [3.63, 3.8) is 0 Å². The molecule has 2 rings (SSSR count). The second-order valence-corrected chi connectivity index (χ2v) is 9.87. The molecule has 0 N–H and O–H groups in total. The molecule has 0 heterocycles. The summed E-state index contributed by atoms with van der Waals surface area (Å²) in [5.41, 5.74) is 0. The minimum Gasteiger partial charge on any atom is -0.493 e. The average Bonchev–Trinajstić information content (AvgIpc) is 3.11. The number of ether oxygens (including phenoxy) is 4. The molecule has 0 amide bonds. The molecule has 7 nitrogen and oxygen atoms in total. The van der Waals surface area contributed by atoms with Crippen molar-refractivity contribution < 1.29 is 33.3 Å². The molecule has 0 saturated heterocycles. The molecule has 1 aliphatic carbocycles. The number of carbonyl (C=O) groups is 3. The van der Waals surface area contributed by atoms with Crippen molar-refractivity contribution in [2.24, 2.45) is 11.8 Å². The highest BCUT2D eigenvalue weighted by Crippen LogP contribution is 2.40. The zero-order valence-electron chi connectivity index (χ0n) is 21.3. The van der Waals surface area contributed by atoms with Crippen molar-refractivity contribution in [2.75, 3.05) is 11.0 Å². The van der Waals surface area contributed by atoms with Crippen LogP contribution < -0.4 is 4.74 Å². The van der Waals surface area contributed by atoms with Gasteiger partial charge in [-0.3, -0.25) is 14.4 Å². The van der Waals surface area contributed by atoms with Crippen LogP contribution in [0.15, 0.2) is 54.6 Å². The van der Waals surface area contributed by atoms with Gasteiger partial charge in [-0.05, 0) is 41.9 Å². The Morgan fingerprint density at radius 1 is 1.00 bits per heavy atom. The second kappa shape index (κ2) is 16.4. The Morgan fingerprint density at radius 2 is 1.69 bits per heavy atom. The number of para-hydroxylation sites is 1. The fourth-order valence-corrected chi connectivity index (χ4v) is 4.82. The van der Waals surface area contributed by atoms with Gasteiger partial charge >= 0.3 is 17.9 Å². The quantitative estimate of drug-likeness (QED) is 0.0675. The van der Waals surface area contributed by atoms with Gasteiger partial charge in [0.2, 0.25) is 0 Å². The van der Waals surface area contributed by atoms with E-state index in [-0.39, 0.29) is 35.8 Å². The molecule has 8 heteroatoms. The molecule has 5 unspecified atom stereocenters. The van der Waals surface area contributed by atoms with Gasteiger partial charge in [0.1, 0.15) is 24.1 Å². The van der Waals surface area contributed by atoms with E-state index in [1.807, 2.05) is 42.5 Å². The summed E-state index contributed by atoms with van der Waals surface area (Å²) in [6.07, 6.45) is 10.4. The molecule has 198 valence electrons. The monoisotopic (exact) mass is 612 g/mol. The van der Waals surface area contributed by atoms with E-state index in [4.69, 9.17) is 18.9 Å². The fourth-order valence-electron chi connectivity index (χ4n) is 4.38. The van der Waals surface area contributed by atoms with Crippen molar-refractivity contribution in [1.82, 2.24) is 0 Å². The number of esters is 3. The molecule has 1 fully saturated rings. The molecule has 1 saturated carbocycles. The van der Waals surface area contributed by atoms with Crippen molar-refractivity contribution in [3.8, 4) is 5.75 Å². The first-order chi connectivity index (χ1) is 17.3. The lowest BCUT2D eigenvalue weighted by molar-refractivity contribution is -0.149. The number of alkyl halides is 1. The smallest absolute Gasteiger partial charge is 0.303 e. The minimum absolute atomic E-state index is 0.0658. The molecule has 0 aromatic heterocycles. The van der Waals surface area contributed by atoms with E-state index in [0.717, 1.165) is 23.0 Å². The van der Waals surface area contributed by atoms with Crippen molar-refractivity contribution >= 4 is 40.5 Å². The third-order valence-corrected chi connectivity index (χ3v) is 6.62. The molecule has 0 aliphatic heterocycles. The largest absolute Gasteiger partial charge is 0.493 e. The highest BCUT2D eigenvalue weighted by Gasteiger charge is 2.45. The van der Waals surface area contributed by atoms with Crippen LogP contribution in [-0.2, 0) is 28.6 Å². The van der Waals surface area contributed by atoms with Gasteiger partial charge in [-0.25, -0.2) is 0 Å². The zero-order valence-corrected chi connectivity index (χ0v) is 23.4. The van der Waals surface area contributed by atoms with Crippen LogP contribution in [0.4, 0.5) is 0 Å². The molecule has 0 bridgehead atoms. The topological polar surface area (TPSA) is 88.1 Å². The number of allylic oxidation sites excluding steroid dienone is 2. The Bertz CT molecular complexity index is 883. The van der Waals surface area contributed by atoms with Crippen LogP contribution in [0.25, 0.3) is 0 Å². The number of carbonyl (C=O) groups excluding carboxylic acids is 3. The lowest BCUT2D eigenvalue weighted by Gasteiger charge is -2.23. The molecule has 36 heavy (non-hydrogen) atoms. The Morgan fingerprint density at radius 3 is 2.33 bits per heavy atom. The van der Waals surface area contributed by atoms with E-state index in [9.17, 15) is 14.4 Å². The number of unbranched alkanes of at least 4 members (excludes halogenated alkanes) is 1. The molecule has 1 aromatic rings. The SMILES string of the molecule is CC(=O)OC(/C=C/C1C(OC(C)=O)CC(OC(C)=O)C1C/C=C/CCCI)CCOc1ccccc1. The third kappa shape index (κ3) is 11.1. The lowest BCUT2D eigenvalue weighted by atomic mass is 9.89. The van der Waals surface area contributed by atoms with Crippen LogP contribution in [0.2, 0.25) is 0 Å². The summed E-state index contributed by atoms with van der Waals surface area (Å²) in [7, 11) is 0. The molecule has 0 spiro atoms.